The number of nitrogens with zero attached hydrogens (tertiary/aromatic N) is 2. The molecule has 0 bridgehead atoms. The lowest BCUT2D eigenvalue weighted by Gasteiger charge is -2.30. The highest BCUT2D eigenvalue weighted by Crippen LogP contribution is 2.28. The summed E-state index contributed by atoms with van der Waals surface area (Å²) in [5.41, 5.74) is 4.59. The molecule has 0 saturated carbocycles. The molecule has 0 spiro atoms. The van der Waals surface area contributed by atoms with Gasteiger partial charge in [0.1, 0.15) is 0 Å². The molecular weight excluding hydrogens is 292 g/mol. The molecular formula is C17H20N4O2. The van der Waals surface area contributed by atoms with Crippen molar-refractivity contribution in [3.8, 4) is 0 Å². The molecule has 1 aliphatic carbocycles. The van der Waals surface area contributed by atoms with Crippen LogP contribution in [0.2, 0.25) is 0 Å². The van der Waals surface area contributed by atoms with E-state index in [4.69, 9.17) is 4.74 Å². The number of rotatable bonds is 3. The maximum absolute atomic E-state index is 12.6. The number of benzene rings is 1. The van der Waals surface area contributed by atoms with E-state index in [1.807, 2.05) is 24.3 Å². The number of carbonyl (C=O) groups excluding carboxylic acids is 1. The van der Waals surface area contributed by atoms with Gasteiger partial charge in [0.15, 0.2) is 5.69 Å². The Balaban J connectivity index is 1.57. The smallest absolute Gasteiger partial charge is 0.276 e. The minimum Gasteiger partial charge on any atom is -0.378 e. The van der Waals surface area contributed by atoms with Gasteiger partial charge in [-0.2, -0.15) is 5.10 Å². The fraction of sp³-hybridized carbons (Fsp3) is 0.412. The third-order valence-corrected chi connectivity index (χ3v) is 4.53. The van der Waals surface area contributed by atoms with Crippen LogP contribution in [0.5, 0.6) is 0 Å². The van der Waals surface area contributed by atoms with Crippen LogP contribution >= 0.6 is 0 Å². The number of ether oxygens (including phenoxy) is 1. The number of para-hydroxylation sites is 2. The average Bonchev–Trinajstić information content (AvgIpc) is 3.19. The van der Waals surface area contributed by atoms with Gasteiger partial charge >= 0.3 is 0 Å². The minimum absolute atomic E-state index is 0.134. The molecule has 4 rings (SSSR count). The molecule has 1 amide bonds. The molecule has 23 heavy (non-hydrogen) atoms. The van der Waals surface area contributed by atoms with E-state index in [0.717, 1.165) is 68.2 Å². The monoisotopic (exact) mass is 312 g/mol. The number of nitrogens with one attached hydrogen (secondary N) is 2. The molecule has 1 aliphatic heterocycles. The Labute approximate surface area is 134 Å². The lowest BCUT2D eigenvalue weighted by atomic mass is 10.1. The summed E-state index contributed by atoms with van der Waals surface area (Å²) < 4.78 is 5.41. The summed E-state index contributed by atoms with van der Waals surface area (Å²) in [6.45, 7) is 3.11. The molecule has 6 heteroatoms. The Morgan fingerprint density at radius 1 is 1.22 bits per heavy atom. The molecule has 2 heterocycles. The summed E-state index contributed by atoms with van der Waals surface area (Å²) in [6.07, 6.45) is 3.01. The first kappa shape index (κ1) is 14.3. The van der Waals surface area contributed by atoms with Crippen molar-refractivity contribution in [1.29, 1.82) is 0 Å². The quantitative estimate of drug-likeness (QED) is 0.909. The normalized spacial score (nSPS) is 17.1. The van der Waals surface area contributed by atoms with Gasteiger partial charge in [-0.25, -0.2) is 0 Å². The number of hydrogen-bond acceptors (Lipinski definition) is 4. The van der Waals surface area contributed by atoms with E-state index >= 15 is 0 Å². The SMILES string of the molecule is O=C(Nc1ccccc1N1CCOCC1)c1n[nH]c2c1CCC2. The van der Waals surface area contributed by atoms with Crippen LogP contribution in [-0.2, 0) is 17.6 Å². The van der Waals surface area contributed by atoms with Crippen LogP contribution in [0.1, 0.15) is 28.2 Å². The fourth-order valence-corrected chi connectivity index (χ4v) is 3.35. The van der Waals surface area contributed by atoms with E-state index < -0.39 is 0 Å². The van der Waals surface area contributed by atoms with Crippen LogP contribution < -0.4 is 10.2 Å². The molecule has 2 N–H and O–H groups in total. The first-order valence-electron chi connectivity index (χ1n) is 8.12. The third kappa shape index (κ3) is 2.70. The first-order valence-corrected chi connectivity index (χ1v) is 8.12. The minimum atomic E-state index is -0.134. The van der Waals surface area contributed by atoms with Crippen molar-refractivity contribution in [3.05, 3.63) is 41.2 Å². The van der Waals surface area contributed by atoms with Gasteiger partial charge in [-0.05, 0) is 31.4 Å². The highest BCUT2D eigenvalue weighted by atomic mass is 16.5. The number of morpholine rings is 1. The summed E-state index contributed by atoms with van der Waals surface area (Å²) in [6, 6.07) is 7.91. The summed E-state index contributed by atoms with van der Waals surface area (Å²) in [5, 5.41) is 10.2. The van der Waals surface area contributed by atoms with Crippen LogP contribution in [0.4, 0.5) is 11.4 Å². The predicted octanol–water partition coefficient (Wildman–Crippen LogP) is 1.99. The van der Waals surface area contributed by atoms with E-state index in [2.05, 4.69) is 20.4 Å². The Bertz CT molecular complexity index is 719. The van der Waals surface area contributed by atoms with Gasteiger partial charge in [0.05, 0.1) is 24.6 Å². The summed E-state index contributed by atoms with van der Waals surface area (Å²) >= 11 is 0. The Kier molecular flexibility index (Phi) is 3.75. The average molecular weight is 312 g/mol. The molecule has 1 aromatic carbocycles. The van der Waals surface area contributed by atoms with Crippen LogP contribution in [0, 0.1) is 0 Å². The highest BCUT2D eigenvalue weighted by molar-refractivity contribution is 6.05. The Morgan fingerprint density at radius 2 is 2.04 bits per heavy atom. The maximum atomic E-state index is 12.6. The van der Waals surface area contributed by atoms with Crippen molar-refractivity contribution in [3.63, 3.8) is 0 Å². The van der Waals surface area contributed by atoms with E-state index in [9.17, 15) is 4.79 Å². The van der Waals surface area contributed by atoms with Gasteiger partial charge in [-0.1, -0.05) is 12.1 Å². The number of aromatic amines is 1. The Hall–Kier alpha value is -2.34. The molecule has 120 valence electrons. The van der Waals surface area contributed by atoms with Crippen LogP contribution in [0.3, 0.4) is 0 Å². The van der Waals surface area contributed by atoms with Crippen molar-refractivity contribution < 1.29 is 9.53 Å². The Morgan fingerprint density at radius 3 is 2.91 bits per heavy atom. The lowest BCUT2D eigenvalue weighted by molar-refractivity contribution is 0.102. The zero-order valence-corrected chi connectivity index (χ0v) is 13.0. The van der Waals surface area contributed by atoms with Crippen molar-refractivity contribution in [1.82, 2.24) is 10.2 Å². The lowest BCUT2D eigenvalue weighted by Crippen LogP contribution is -2.36. The highest BCUT2D eigenvalue weighted by Gasteiger charge is 2.24. The first-order chi connectivity index (χ1) is 11.3. The molecule has 6 nitrogen and oxygen atoms in total. The van der Waals surface area contributed by atoms with Gasteiger partial charge in [-0.15, -0.1) is 0 Å². The number of H-pyrrole nitrogens is 1. The molecule has 1 saturated heterocycles. The number of aromatic nitrogens is 2. The van der Waals surface area contributed by atoms with Crippen LogP contribution in [0.15, 0.2) is 24.3 Å². The van der Waals surface area contributed by atoms with Gasteiger partial charge in [0.2, 0.25) is 0 Å². The van der Waals surface area contributed by atoms with Gasteiger partial charge < -0.3 is 15.0 Å². The van der Waals surface area contributed by atoms with E-state index in [1.165, 1.54) is 0 Å². The van der Waals surface area contributed by atoms with Gasteiger partial charge in [0, 0.05) is 24.3 Å². The second-order valence-corrected chi connectivity index (χ2v) is 5.95. The molecule has 0 radical (unpaired) electrons. The van der Waals surface area contributed by atoms with E-state index in [0.29, 0.717) is 5.69 Å². The van der Waals surface area contributed by atoms with Crippen LogP contribution in [0.25, 0.3) is 0 Å². The number of amides is 1. The maximum Gasteiger partial charge on any atom is 0.276 e. The van der Waals surface area contributed by atoms with Gasteiger partial charge in [0.25, 0.3) is 5.91 Å². The van der Waals surface area contributed by atoms with E-state index in [1.54, 1.807) is 0 Å². The summed E-state index contributed by atoms with van der Waals surface area (Å²) in [7, 11) is 0. The zero-order valence-electron chi connectivity index (χ0n) is 13.0. The molecule has 2 aliphatic rings. The third-order valence-electron chi connectivity index (χ3n) is 4.53. The topological polar surface area (TPSA) is 70.2 Å². The molecule has 2 aromatic rings. The van der Waals surface area contributed by atoms with Crippen LogP contribution in [-0.4, -0.2) is 42.4 Å². The fourth-order valence-electron chi connectivity index (χ4n) is 3.35. The second-order valence-electron chi connectivity index (χ2n) is 5.95. The number of anilines is 2. The molecule has 1 fully saturated rings. The second kappa shape index (κ2) is 6.04. The summed E-state index contributed by atoms with van der Waals surface area (Å²) in [4.78, 5) is 14.9. The van der Waals surface area contributed by atoms with Gasteiger partial charge in [-0.3, -0.25) is 9.89 Å². The van der Waals surface area contributed by atoms with Crippen molar-refractivity contribution >= 4 is 17.3 Å². The number of aryl methyl sites for hydroxylation is 1. The molecule has 0 unspecified atom stereocenters. The van der Waals surface area contributed by atoms with E-state index in [-0.39, 0.29) is 5.91 Å². The molecule has 1 aromatic heterocycles. The van der Waals surface area contributed by atoms with Crippen molar-refractivity contribution in [2.75, 3.05) is 36.5 Å². The van der Waals surface area contributed by atoms with Crippen molar-refractivity contribution in [2.45, 2.75) is 19.3 Å². The standard InChI is InChI=1S/C17H20N4O2/c22-17(16-12-4-3-6-13(12)19-20-16)18-14-5-1-2-7-15(14)21-8-10-23-11-9-21/h1-2,5,7H,3-4,6,8-11H2,(H,18,22)(H,19,20). The zero-order chi connectivity index (χ0) is 15.6. The molecule has 0 atom stereocenters. The van der Waals surface area contributed by atoms with Crippen molar-refractivity contribution in [2.24, 2.45) is 0 Å². The number of carbonyl (C=O) groups is 1. The largest absolute Gasteiger partial charge is 0.378 e. The number of fused-ring (bicyclic) bond motifs is 1. The predicted molar refractivity (Wildman–Crippen MR) is 88.0 cm³/mol. The number of hydrogen-bond donors (Lipinski definition) is 2. The summed E-state index contributed by atoms with van der Waals surface area (Å²) in [5.74, 6) is -0.134.